The molecule has 2 heterocycles. The highest BCUT2D eigenvalue weighted by molar-refractivity contribution is 8.15. The SMILES string of the molecule is CC(Oc1ccc(CC2SC(=O)NC2=O)cc1)C1Cc2ccccc2N1. The van der Waals surface area contributed by atoms with Crippen LogP contribution in [0.3, 0.4) is 0 Å². The average molecular weight is 368 g/mol. The van der Waals surface area contributed by atoms with E-state index in [1.165, 1.54) is 11.3 Å². The summed E-state index contributed by atoms with van der Waals surface area (Å²) in [4.78, 5) is 22.9. The summed E-state index contributed by atoms with van der Waals surface area (Å²) in [6.07, 6.45) is 1.52. The number of carbonyl (C=O) groups excluding carboxylic acids is 2. The molecule has 2 aromatic carbocycles. The number of para-hydroxylation sites is 1. The van der Waals surface area contributed by atoms with Gasteiger partial charge in [0.05, 0.1) is 11.3 Å². The van der Waals surface area contributed by atoms with E-state index in [1.54, 1.807) is 0 Å². The highest BCUT2D eigenvalue weighted by Gasteiger charge is 2.31. The van der Waals surface area contributed by atoms with Gasteiger partial charge >= 0.3 is 0 Å². The maximum atomic E-state index is 11.7. The number of carbonyl (C=O) groups is 2. The van der Waals surface area contributed by atoms with Gasteiger partial charge < -0.3 is 10.1 Å². The van der Waals surface area contributed by atoms with Crippen molar-refractivity contribution in [2.75, 3.05) is 5.32 Å². The van der Waals surface area contributed by atoms with E-state index in [-0.39, 0.29) is 28.5 Å². The van der Waals surface area contributed by atoms with Gasteiger partial charge in [-0.1, -0.05) is 42.1 Å². The van der Waals surface area contributed by atoms with E-state index >= 15 is 0 Å². The molecule has 0 bridgehead atoms. The van der Waals surface area contributed by atoms with Gasteiger partial charge in [-0.3, -0.25) is 14.9 Å². The van der Waals surface area contributed by atoms with Gasteiger partial charge in [-0.15, -0.1) is 0 Å². The molecule has 2 aliphatic rings. The van der Waals surface area contributed by atoms with Gasteiger partial charge in [0.25, 0.3) is 5.24 Å². The molecule has 0 radical (unpaired) electrons. The fraction of sp³-hybridized carbons (Fsp3) is 0.300. The predicted molar refractivity (Wildman–Crippen MR) is 103 cm³/mol. The Morgan fingerprint density at radius 3 is 2.62 bits per heavy atom. The molecule has 2 aromatic rings. The zero-order valence-corrected chi connectivity index (χ0v) is 15.2. The fourth-order valence-corrected chi connectivity index (χ4v) is 4.21. The number of thioether (sulfide) groups is 1. The Kier molecular flexibility index (Phi) is 4.59. The summed E-state index contributed by atoms with van der Waals surface area (Å²) >= 11 is 1.06. The lowest BCUT2D eigenvalue weighted by Gasteiger charge is -2.22. The normalized spacial score (nSPS) is 22.5. The number of fused-ring (bicyclic) bond motifs is 1. The zero-order valence-electron chi connectivity index (χ0n) is 14.4. The van der Waals surface area contributed by atoms with Crippen LogP contribution >= 0.6 is 11.8 Å². The quantitative estimate of drug-likeness (QED) is 0.847. The molecule has 0 aromatic heterocycles. The molecule has 0 spiro atoms. The molecule has 2 N–H and O–H groups in total. The average Bonchev–Trinajstić information content (AvgIpc) is 3.19. The highest BCUT2D eigenvalue weighted by atomic mass is 32.2. The number of benzene rings is 2. The number of imide groups is 1. The molecule has 0 saturated carbocycles. The van der Waals surface area contributed by atoms with Gasteiger partial charge in [0.2, 0.25) is 5.91 Å². The molecule has 6 heteroatoms. The molecule has 26 heavy (non-hydrogen) atoms. The Labute approximate surface area is 156 Å². The molecule has 3 atom stereocenters. The highest BCUT2D eigenvalue weighted by Crippen LogP contribution is 2.28. The van der Waals surface area contributed by atoms with Crippen molar-refractivity contribution in [1.29, 1.82) is 0 Å². The van der Waals surface area contributed by atoms with Crippen LogP contribution in [0.1, 0.15) is 18.1 Å². The van der Waals surface area contributed by atoms with Crippen molar-refractivity contribution in [2.45, 2.75) is 37.2 Å². The molecule has 1 saturated heterocycles. The second-order valence-corrected chi connectivity index (χ2v) is 7.84. The number of rotatable bonds is 5. The third-order valence-corrected chi connectivity index (χ3v) is 5.78. The van der Waals surface area contributed by atoms with Crippen molar-refractivity contribution in [2.24, 2.45) is 0 Å². The number of nitrogens with one attached hydrogen (secondary N) is 2. The molecule has 2 amide bonds. The first-order valence-electron chi connectivity index (χ1n) is 8.70. The monoisotopic (exact) mass is 368 g/mol. The number of ether oxygens (including phenoxy) is 1. The lowest BCUT2D eigenvalue weighted by molar-refractivity contribution is -0.118. The summed E-state index contributed by atoms with van der Waals surface area (Å²) in [6.45, 7) is 2.07. The first kappa shape index (κ1) is 17.0. The maximum absolute atomic E-state index is 11.7. The van der Waals surface area contributed by atoms with Crippen molar-refractivity contribution in [3.05, 3.63) is 59.7 Å². The van der Waals surface area contributed by atoms with Gasteiger partial charge in [-0.25, -0.2) is 0 Å². The summed E-state index contributed by atoms with van der Waals surface area (Å²) in [7, 11) is 0. The number of anilines is 1. The first-order chi connectivity index (χ1) is 12.6. The lowest BCUT2D eigenvalue weighted by Crippen LogP contribution is -2.33. The van der Waals surface area contributed by atoms with Crippen LogP contribution in [0.15, 0.2) is 48.5 Å². The van der Waals surface area contributed by atoms with Crippen LogP contribution in [0.4, 0.5) is 10.5 Å². The third-order valence-electron chi connectivity index (χ3n) is 4.80. The molecule has 134 valence electrons. The van der Waals surface area contributed by atoms with E-state index < -0.39 is 0 Å². The summed E-state index contributed by atoms with van der Waals surface area (Å²) in [5, 5.41) is 5.23. The standard InChI is InChI=1S/C20H20N2O3S/c1-12(17-11-14-4-2-3-5-16(14)21-17)25-15-8-6-13(7-9-15)10-18-19(23)22-20(24)26-18/h2-9,12,17-18,21H,10-11H2,1H3,(H,22,23,24). The van der Waals surface area contributed by atoms with Crippen molar-refractivity contribution < 1.29 is 14.3 Å². The van der Waals surface area contributed by atoms with Crippen LogP contribution in [-0.2, 0) is 17.6 Å². The summed E-state index contributed by atoms with van der Waals surface area (Å²) in [5.74, 6) is 0.597. The van der Waals surface area contributed by atoms with Crippen LogP contribution in [0, 0.1) is 0 Å². The fourth-order valence-electron chi connectivity index (χ4n) is 3.35. The van der Waals surface area contributed by atoms with Gasteiger partial charge in [-0.05, 0) is 49.1 Å². The topological polar surface area (TPSA) is 67.4 Å². The zero-order chi connectivity index (χ0) is 18.1. The first-order valence-corrected chi connectivity index (χ1v) is 9.58. The summed E-state index contributed by atoms with van der Waals surface area (Å²) in [5.41, 5.74) is 3.52. The van der Waals surface area contributed by atoms with E-state index in [2.05, 4.69) is 35.8 Å². The van der Waals surface area contributed by atoms with Crippen molar-refractivity contribution >= 4 is 28.6 Å². The second kappa shape index (κ2) is 7.03. The van der Waals surface area contributed by atoms with Crippen LogP contribution in [0.5, 0.6) is 5.75 Å². The molecule has 0 aliphatic carbocycles. The van der Waals surface area contributed by atoms with Gasteiger partial charge in [0, 0.05) is 5.69 Å². The van der Waals surface area contributed by atoms with Crippen LogP contribution in [-0.4, -0.2) is 28.5 Å². The largest absolute Gasteiger partial charge is 0.489 e. The molecular weight excluding hydrogens is 348 g/mol. The number of hydrogen-bond donors (Lipinski definition) is 2. The minimum Gasteiger partial charge on any atom is -0.489 e. The third kappa shape index (κ3) is 3.55. The Bertz CT molecular complexity index is 812. The molecule has 4 rings (SSSR count). The minimum atomic E-state index is -0.339. The predicted octanol–water partition coefficient (Wildman–Crippen LogP) is 3.38. The van der Waals surface area contributed by atoms with E-state index in [0.717, 1.165) is 29.5 Å². The molecule has 5 nitrogen and oxygen atoms in total. The van der Waals surface area contributed by atoms with Gasteiger partial charge in [0.15, 0.2) is 0 Å². The molecule has 3 unspecified atom stereocenters. The van der Waals surface area contributed by atoms with Gasteiger partial charge in [-0.2, -0.15) is 0 Å². The van der Waals surface area contributed by atoms with Crippen LogP contribution < -0.4 is 15.4 Å². The van der Waals surface area contributed by atoms with E-state index in [1.807, 2.05) is 30.3 Å². The molecular formula is C20H20N2O3S. The molecule has 1 fully saturated rings. The Morgan fingerprint density at radius 2 is 1.92 bits per heavy atom. The Balaban J connectivity index is 1.34. The second-order valence-electron chi connectivity index (χ2n) is 6.67. The van der Waals surface area contributed by atoms with Crippen LogP contribution in [0.2, 0.25) is 0 Å². The smallest absolute Gasteiger partial charge is 0.286 e. The van der Waals surface area contributed by atoms with Gasteiger partial charge in [0.1, 0.15) is 11.9 Å². The maximum Gasteiger partial charge on any atom is 0.286 e. The Morgan fingerprint density at radius 1 is 1.15 bits per heavy atom. The van der Waals surface area contributed by atoms with E-state index in [4.69, 9.17) is 4.74 Å². The van der Waals surface area contributed by atoms with Crippen molar-refractivity contribution in [3.63, 3.8) is 0 Å². The van der Waals surface area contributed by atoms with Crippen molar-refractivity contribution in [3.8, 4) is 5.75 Å². The number of hydrogen-bond acceptors (Lipinski definition) is 5. The van der Waals surface area contributed by atoms with Crippen LogP contribution in [0.25, 0.3) is 0 Å². The summed E-state index contributed by atoms with van der Waals surface area (Å²) in [6, 6.07) is 16.3. The minimum absolute atomic E-state index is 0.0297. The summed E-state index contributed by atoms with van der Waals surface area (Å²) < 4.78 is 6.09. The van der Waals surface area contributed by atoms with Crippen molar-refractivity contribution in [1.82, 2.24) is 5.32 Å². The molecule has 2 aliphatic heterocycles. The Hall–Kier alpha value is -2.47. The number of amides is 2. The van der Waals surface area contributed by atoms with E-state index in [9.17, 15) is 9.59 Å². The van der Waals surface area contributed by atoms with E-state index in [0.29, 0.717) is 6.42 Å². The lowest BCUT2D eigenvalue weighted by atomic mass is 10.1.